The van der Waals surface area contributed by atoms with Crippen LogP contribution in [0.5, 0.6) is 0 Å². The highest BCUT2D eigenvalue weighted by Gasteiger charge is 2.38. The maximum absolute atomic E-state index is 10.6. The summed E-state index contributed by atoms with van der Waals surface area (Å²) in [5.74, 6) is -1.75. The minimum Gasteiger partial charge on any atom is -0.475 e. The molecule has 11 heteroatoms. The van der Waals surface area contributed by atoms with E-state index in [1.54, 1.807) is 17.7 Å². The quantitative estimate of drug-likeness (QED) is 0.790. The molecular formula is C17H22F3N5O2S. The second-order valence-corrected chi connectivity index (χ2v) is 7.43. The number of carboxylic acids is 1. The Balaban J connectivity index is 0.000000345. The Kier molecular flexibility index (Phi) is 7.69. The van der Waals surface area contributed by atoms with Gasteiger partial charge in [0.05, 0.1) is 12.2 Å². The summed E-state index contributed by atoms with van der Waals surface area (Å²) >= 11 is 1.73. The second-order valence-electron chi connectivity index (χ2n) is 6.45. The lowest BCUT2D eigenvalue weighted by Gasteiger charge is -2.18. The highest BCUT2D eigenvalue weighted by Crippen LogP contribution is 2.22. The van der Waals surface area contributed by atoms with E-state index in [0.29, 0.717) is 6.04 Å². The molecule has 1 aliphatic heterocycles. The van der Waals surface area contributed by atoms with Gasteiger partial charge in [-0.05, 0) is 20.3 Å². The molecule has 7 nitrogen and oxygen atoms in total. The molecule has 0 saturated carbocycles. The Morgan fingerprint density at radius 1 is 1.29 bits per heavy atom. The average Bonchev–Trinajstić information content (AvgIpc) is 3.01. The molecule has 154 valence electrons. The largest absolute Gasteiger partial charge is 0.490 e. The van der Waals surface area contributed by atoms with Crippen LogP contribution in [0.3, 0.4) is 0 Å². The van der Waals surface area contributed by atoms with Gasteiger partial charge in [-0.1, -0.05) is 0 Å². The van der Waals surface area contributed by atoms with Gasteiger partial charge < -0.3 is 10.4 Å². The van der Waals surface area contributed by atoms with Crippen LogP contribution in [0.15, 0.2) is 17.9 Å². The zero-order chi connectivity index (χ0) is 20.7. The number of hydrogen-bond donors (Lipinski definition) is 2. The molecule has 0 aliphatic carbocycles. The van der Waals surface area contributed by atoms with Crippen molar-refractivity contribution in [2.24, 2.45) is 0 Å². The molecule has 0 radical (unpaired) electrons. The summed E-state index contributed by atoms with van der Waals surface area (Å²) in [7, 11) is 0. The zero-order valence-electron chi connectivity index (χ0n) is 15.5. The van der Waals surface area contributed by atoms with Crippen molar-refractivity contribution in [3.05, 3.63) is 34.2 Å². The van der Waals surface area contributed by atoms with E-state index in [-0.39, 0.29) is 0 Å². The van der Waals surface area contributed by atoms with Gasteiger partial charge in [0.2, 0.25) is 0 Å². The van der Waals surface area contributed by atoms with Gasteiger partial charge in [-0.3, -0.25) is 4.90 Å². The molecule has 0 bridgehead atoms. The highest BCUT2D eigenvalue weighted by atomic mass is 32.1. The van der Waals surface area contributed by atoms with E-state index in [1.807, 2.05) is 11.6 Å². The third kappa shape index (κ3) is 6.71. The number of anilines is 1. The summed E-state index contributed by atoms with van der Waals surface area (Å²) in [5, 5.41) is 13.8. The highest BCUT2D eigenvalue weighted by molar-refractivity contribution is 7.09. The first-order valence-corrected chi connectivity index (χ1v) is 9.55. The molecule has 0 spiro atoms. The number of halogens is 3. The number of hydrogen-bond acceptors (Lipinski definition) is 7. The Morgan fingerprint density at radius 2 is 1.96 bits per heavy atom. The van der Waals surface area contributed by atoms with Gasteiger partial charge in [0.1, 0.15) is 17.2 Å². The first-order valence-electron chi connectivity index (χ1n) is 8.67. The molecule has 3 heterocycles. The minimum absolute atomic E-state index is 0.388. The molecule has 2 aromatic rings. The summed E-state index contributed by atoms with van der Waals surface area (Å²) in [6.07, 6.45) is 0.454. The van der Waals surface area contributed by atoms with Crippen molar-refractivity contribution in [3.63, 3.8) is 0 Å². The number of fused-ring (bicyclic) bond motifs is 1. The van der Waals surface area contributed by atoms with Crippen molar-refractivity contribution in [1.29, 1.82) is 0 Å². The van der Waals surface area contributed by atoms with Gasteiger partial charge in [-0.2, -0.15) is 13.2 Å². The fourth-order valence-electron chi connectivity index (χ4n) is 2.65. The molecule has 1 aliphatic rings. The Hall–Kier alpha value is -2.27. The minimum atomic E-state index is -5.08. The van der Waals surface area contributed by atoms with Gasteiger partial charge in [-0.25, -0.2) is 19.7 Å². The number of thiazole rings is 1. The van der Waals surface area contributed by atoms with E-state index < -0.39 is 12.1 Å². The second kappa shape index (κ2) is 9.78. The number of rotatable bonds is 4. The first-order chi connectivity index (χ1) is 13.2. The molecule has 2 N–H and O–H groups in total. The maximum Gasteiger partial charge on any atom is 0.490 e. The van der Waals surface area contributed by atoms with Crippen LogP contribution >= 0.6 is 11.3 Å². The Labute approximate surface area is 164 Å². The number of nitrogens with zero attached hydrogens (tertiary/aromatic N) is 4. The molecule has 0 saturated heterocycles. The summed E-state index contributed by atoms with van der Waals surface area (Å²) < 4.78 is 31.7. The van der Waals surface area contributed by atoms with Crippen molar-refractivity contribution in [1.82, 2.24) is 19.9 Å². The lowest BCUT2D eigenvalue weighted by molar-refractivity contribution is -0.192. The van der Waals surface area contributed by atoms with Crippen LogP contribution in [-0.4, -0.2) is 56.2 Å². The number of aromatic nitrogens is 3. The van der Waals surface area contributed by atoms with Gasteiger partial charge in [0.25, 0.3) is 0 Å². The number of nitrogens with one attached hydrogen (secondary N) is 1. The van der Waals surface area contributed by atoms with Crippen LogP contribution in [0.25, 0.3) is 0 Å². The van der Waals surface area contributed by atoms with Crippen LogP contribution in [0.2, 0.25) is 0 Å². The van der Waals surface area contributed by atoms with E-state index in [0.717, 1.165) is 38.3 Å². The molecule has 3 rings (SSSR count). The van der Waals surface area contributed by atoms with E-state index in [1.165, 1.54) is 16.3 Å². The van der Waals surface area contributed by atoms with Gasteiger partial charge in [0, 0.05) is 42.7 Å². The molecule has 0 unspecified atom stereocenters. The zero-order valence-corrected chi connectivity index (χ0v) is 16.3. The van der Waals surface area contributed by atoms with Crippen LogP contribution < -0.4 is 5.32 Å². The van der Waals surface area contributed by atoms with Gasteiger partial charge in [0.15, 0.2) is 0 Å². The predicted octanol–water partition coefficient (Wildman–Crippen LogP) is 2.99. The summed E-state index contributed by atoms with van der Waals surface area (Å²) in [6.45, 7) is 7.28. The number of carbonyl (C=O) groups is 1. The average molecular weight is 417 g/mol. The normalized spacial score (nSPS) is 14.6. The molecule has 2 aromatic heterocycles. The Bertz CT molecular complexity index is 769. The van der Waals surface area contributed by atoms with Crippen molar-refractivity contribution < 1.29 is 23.1 Å². The van der Waals surface area contributed by atoms with Crippen LogP contribution in [0.1, 0.15) is 30.1 Å². The summed E-state index contributed by atoms with van der Waals surface area (Å²) in [5.41, 5.74) is 2.47. The molecular weight excluding hydrogens is 395 g/mol. The molecule has 0 fully saturated rings. The lowest BCUT2D eigenvalue weighted by atomic mass is 10.1. The van der Waals surface area contributed by atoms with Gasteiger partial charge >= 0.3 is 12.1 Å². The molecule has 0 amide bonds. The topological polar surface area (TPSA) is 91.2 Å². The molecule has 28 heavy (non-hydrogen) atoms. The lowest BCUT2D eigenvalue weighted by Crippen LogP contribution is -2.25. The number of carboxylic acid groups (broad SMARTS) is 1. The summed E-state index contributed by atoms with van der Waals surface area (Å²) in [4.78, 5) is 24.6. The van der Waals surface area contributed by atoms with Crippen molar-refractivity contribution in [2.75, 3.05) is 18.4 Å². The predicted molar refractivity (Wildman–Crippen MR) is 99.3 cm³/mol. The first kappa shape index (κ1) is 22.0. The third-order valence-electron chi connectivity index (χ3n) is 3.89. The van der Waals surface area contributed by atoms with Crippen molar-refractivity contribution >= 4 is 23.1 Å². The van der Waals surface area contributed by atoms with E-state index in [2.05, 4.69) is 39.0 Å². The smallest absolute Gasteiger partial charge is 0.475 e. The van der Waals surface area contributed by atoms with Crippen LogP contribution in [-0.2, 0) is 24.2 Å². The van der Waals surface area contributed by atoms with E-state index in [9.17, 15) is 13.2 Å². The monoisotopic (exact) mass is 417 g/mol. The third-order valence-corrected chi connectivity index (χ3v) is 4.65. The van der Waals surface area contributed by atoms with Crippen LogP contribution in [0.4, 0.5) is 19.0 Å². The maximum atomic E-state index is 10.6. The van der Waals surface area contributed by atoms with E-state index in [4.69, 9.17) is 9.90 Å². The number of aliphatic carboxylic acids is 1. The molecule has 0 atom stereocenters. The summed E-state index contributed by atoms with van der Waals surface area (Å²) in [6, 6.07) is 0.388. The van der Waals surface area contributed by atoms with Crippen molar-refractivity contribution in [2.45, 2.75) is 45.5 Å². The Morgan fingerprint density at radius 3 is 2.54 bits per heavy atom. The fraction of sp³-hybridized carbons (Fsp3) is 0.529. The number of alkyl halides is 3. The SMILES string of the molecule is CC(C)Nc1ncnc2c1CCN(Cc1nccs1)CC2.O=C(O)C(F)(F)F. The van der Waals surface area contributed by atoms with Crippen molar-refractivity contribution in [3.8, 4) is 0 Å². The standard InChI is InChI=1S/C15H21N5S.C2HF3O2/c1-11(2)19-15-12-3-6-20(9-14-16-5-8-21-14)7-4-13(12)17-10-18-15;3-2(4,5)1(6)7/h5,8,10-11H,3-4,6-7,9H2,1-2H3,(H,17,18,19);(H,6,7). The van der Waals surface area contributed by atoms with Crippen LogP contribution in [0, 0.1) is 0 Å². The molecule has 0 aromatic carbocycles. The van der Waals surface area contributed by atoms with Gasteiger partial charge in [-0.15, -0.1) is 11.3 Å². The fourth-order valence-corrected chi connectivity index (χ4v) is 3.31. The van der Waals surface area contributed by atoms with E-state index >= 15 is 0 Å².